The molecule has 2 N–H and O–H groups in total. The Morgan fingerprint density at radius 2 is 1.55 bits per heavy atom. The highest BCUT2D eigenvalue weighted by molar-refractivity contribution is 6.11. The number of aromatic nitrogens is 1. The van der Waals surface area contributed by atoms with E-state index >= 15 is 0 Å². The van der Waals surface area contributed by atoms with Crippen molar-refractivity contribution in [2.45, 2.75) is 6.92 Å². The summed E-state index contributed by atoms with van der Waals surface area (Å²) in [5.74, 6) is -1.32. The third-order valence-corrected chi connectivity index (χ3v) is 4.94. The fourth-order valence-electron chi connectivity index (χ4n) is 3.47. The normalized spacial score (nSPS) is 10.6. The van der Waals surface area contributed by atoms with Gasteiger partial charge in [0, 0.05) is 27.7 Å². The van der Waals surface area contributed by atoms with Gasteiger partial charge in [0.25, 0.3) is 5.91 Å². The van der Waals surface area contributed by atoms with E-state index < -0.39 is 12.6 Å². The molecule has 0 atom stereocenters. The fraction of sp³-hybridized carbons (Fsp3) is 0.0800. The van der Waals surface area contributed by atoms with Gasteiger partial charge in [0.2, 0.25) is 5.78 Å². The number of esters is 1. The number of hydrogen-bond acceptors (Lipinski definition) is 4. The molecule has 154 valence electrons. The molecule has 0 unspecified atom stereocenters. The first kappa shape index (κ1) is 20.1. The molecule has 31 heavy (non-hydrogen) atoms. The molecule has 0 saturated heterocycles. The molecule has 3 aromatic carbocycles. The Kier molecular flexibility index (Phi) is 5.62. The number of hydrogen-bond donors (Lipinski definition) is 2. The Hall–Kier alpha value is -4.19. The predicted octanol–water partition coefficient (Wildman–Crippen LogP) is 4.77. The zero-order chi connectivity index (χ0) is 21.8. The SMILES string of the molecule is Cc1[nH]c2ccccc2c1C(=O)COC(=O)c1ccccc1NC(=O)c1ccccc1. The number of nitrogens with one attached hydrogen (secondary N) is 2. The molecule has 4 rings (SSSR count). The average Bonchev–Trinajstić information content (AvgIpc) is 3.14. The third-order valence-electron chi connectivity index (χ3n) is 4.94. The van der Waals surface area contributed by atoms with Gasteiger partial charge in [0.15, 0.2) is 6.61 Å². The number of anilines is 1. The maximum Gasteiger partial charge on any atom is 0.340 e. The molecule has 0 aliphatic carbocycles. The van der Waals surface area contributed by atoms with E-state index in [0.717, 1.165) is 16.6 Å². The lowest BCUT2D eigenvalue weighted by molar-refractivity contribution is 0.0476. The number of carbonyl (C=O) groups is 3. The van der Waals surface area contributed by atoms with Crippen LogP contribution in [0.15, 0.2) is 78.9 Å². The van der Waals surface area contributed by atoms with Gasteiger partial charge in [-0.2, -0.15) is 0 Å². The maximum absolute atomic E-state index is 12.8. The smallest absolute Gasteiger partial charge is 0.340 e. The van der Waals surface area contributed by atoms with Gasteiger partial charge in [-0.15, -0.1) is 0 Å². The number of Topliss-reactive ketones (excluding diaryl/α,β-unsaturated/α-hetero) is 1. The summed E-state index contributed by atoms with van der Waals surface area (Å²) in [6.45, 7) is 1.41. The van der Waals surface area contributed by atoms with E-state index in [4.69, 9.17) is 4.74 Å². The fourth-order valence-corrected chi connectivity index (χ4v) is 3.47. The topological polar surface area (TPSA) is 88.3 Å². The van der Waals surface area contributed by atoms with Crippen molar-refractivity contribution < 1.29 is 19.1 Å². The van der Waals surface area contributed by atoms with Crippen molar-refractivity contribution in [3.05, 3.63) is 101 Å². The number of ketones is 1. The highest BCUT2D eigenvalue weighted by atomic mass is 16.5. The second kappa shape index (κ2) is 8.67. The summed E-state index contributed by atoms with van der Waals surface area (Å²) in [4.78, 5) is 41.0. The number of aryl methyl sites for hydroxylation is 1. The molecule has 0 spiro atoms. The highest BCUT2D eigenvalue weighted by Crippen LogP contribution is 2.23. The van der Waals surface area contributed by atoms with Crippen LogP contribution >= 0.6 is 0 Å². The van der Waals surface area contributed by atoms with Crippen molar-refractivity contribution in [2.24, 2.45) is 0 Å². The second-order valence-electron chi connectivity index (χ2n) is 7.04. The monoisotopic (exact) mass is 412 g/mol. The quantitative estimate of drug-likeness (QED) is 0.353. The van der Waals surface area contributed by atoms with Gasteiger partial charge >= 0.3 is 5.97 Å². The van der Waals surface area contributed by atoms with E-state index in [1.54, 1.807) is 48.5 Å². The van der Waals surface area contributed by atoms with Crippen LogP contribution < -0.4 is 5.32 Å². The zero-order valence-electron chi connectivity index (χ0n) is 16.8. The lowest BCUT2D eigenvalue weighted by atomic mass is 10.1. The van der Waals surface area contributed by atoms with E-state index in [9.17, 15) is 14.4 Å². The Morgan fingerprint density at radius 1 is 0.871 bits per heavy atom. The van der Waals surface area contributed by atoms with Gasteiger partial charge in [-0.1, -0.05) is 48.5 Å². The van der Waals surface area contributed by atoms with E-state index in [0.29, 0.717) is 16.8 Å². The van der Waals surface area contributed by atoms with Crippen molar-refractivity contribution >= 4 is 34.3 Å². The van der Waals surface area contributed by atoms with Crippen LogP contribution in [0.25, 0.3) is 10.9 Å². The van der Waals surface area contributed by atoms with E-state index in [-0.39, 0.29) is 17.3 Å². The Balaban J connectivity index is 1.48. The highest BCUT2D eigenvalue weighted by Gasteiger charge is 2.20. The van der Waals surface area contributed by atoms with Gasteiger partial charge in [0.05, 0.1) is 11.3 Å². The number of fused-ring (bicyclic) bond motifs is 1. The van der Waals surface area contributed by atoms with E-state index in [1.165, 1.54) is 0 Å². The molecule has 1 amide bonds. The molecule has 4 aromatic rings. The Morgan fingerprint density at radius 3 is 2.35 bits per heavy atom. The summed E-state index contributed by atoms with van der Waals surface area (Å²) in [5.41, 5.74) is 3.04. The first-order valence-electron chi connectivity index (χ1n) is 9.77. The molecule has 0 radical (unpaired) electrons. The van der Waals surface area contributed by atoms with Crippen LogP contribution in [0.4, 0.5) is 5.69 Å². The van der Waals surface area contributed by atoms with Crippen LogP contribution in [0.1, 0.15) is 36.8 Å². The van der Waals surface area contributed by atoms with Crippen molar-refractivity contribution in [3.63, 3.8) is 0 Å². The first-order chi connectivity index (χ1) is 15.0. The van der Waals surface area contributed by atoms with Crippen molar-refractivity contribution in [1.29, 1.82) is 0 Å². The molecule has 6 heteroatoms. The maximum atomic E-state index is 12.8. The molecule has 0 saturated carbocycles. The Labute approximate surface area is 178 Å². The minimum Gasteiger partial charge on any atom is -0.454 e. The third kappa shape index (κ3) is 4.23. The summed E-state index contributed by atoms with van der Waals surface area (Å²) in [7, 11) is 0. The summed E-state index contributed by atoms with van der Waals surface area (Å²) < 4.78 is 5.29. The summed E-state index contributed by atoms with van der Waals surface area (Å²) in [5, 5.41) is 3.52. The summed E-state index contributed by atoms with van der Waals surface area (Å²) >= 11 is 0. The first-order valence-corrected chi connectivity index (χ1v) is 9.77. The van der Waals surface area contributed by atoms with Gasteiger partial charge in [0.1, 0.15) is 0 Å². The lowest BCUT2D eigenvalue weighted by Gasteiger charge is -2.11. The number of aromatic amines is 1. The summed E-state index contributed by atoms with van der Waals surface area (Å²) in [6.07, 6.45) is 0. The van der Waals surface area contributed by atoms with Crippen molar-refractivity contribution in [3.8, 4) is 0 Å². The molecule has 1 heterocycles. The van der Waals surface area contributed by atoms with E-state index in [2.05, 4.69) is 10.3 Å². The predicted molar refractivity (Wildman–Crippen MR) is 118 cm³/mol. The number of benzene rings is 3. The van der Waals surface area contributed by atoms with Gasteiger partial charge in [-0.25, -0.2) is 4.79 Å². The van der Waals surface area contributed by atoms with Crippen LogP contribution in [0.2, 0.25) is 0 Å². The largest absolute Gasteiger partial charge is 0.454 e. The number of rotatable bonds is 6. The molecule has 0 fully saturated rings. The molecular formula is C25H20N2O4. The molecular weight excluding hydrogens is 392 g/mol. The van der Waals surface area contributed by atoms with Crippen LogP contribution in [0.5, 0.6) is 0 Å². The summed E-state index contributed by atoms with van der Waals surface area (Å²) in [6, 6.07) is 22.7. The van der Waals surface area contributed by atoms with Gasteiger partial charge in [-0.3, -0.25) is 9.59 Å². The second-order valence-corrected chi connectivity index (χ2v) is 7.04. The number of ether oxygens (including phenoxy) is 1. The van der Waals surface area contributed by atoms with Crippen LogP contribution in [-0.4, -0.2) is 29.3 Å². The average molecular weight is 412 g/mol. The van der Waals surface area contributed by atoms with Crippen molar-refractivity contribution in [1.82, 2.24) is 4.98 Å². The molecule has 0 aliphatic heterocycles. The molecule has 0 aliphatic rings. The minimum atomic E-state index is -0.685. The minimum absolute atomic E-state index is 0.176. The molecule has 0 bridgehead atoms. The van der Waals surface area contributed by atoms with Crippen molar-refractivity contribution in [2.75, 3.05) is 11.9 Å². The van der Waals surface area contributed by atoms with Crippen LogP contribution in [0, 0.1) is 6.92 Å². The Bertz CT molecular complexity index is 1280. The number of amides is 1. The number of H-pyrrole nitrogens is 1. The van der Waals surface area contributed by atoms with Gasteiger partial charge in [-0.05, 0) is 37.3 Å². The van der Waals surface area contributed by atoms with Crippen LogP contribution in [0.3, 0.4) is 0 Å². The van der Waals surface area contributed by atoms with Crippen LogP contribution in [-0.2, 0) is 4.74 Å². The lowest BCUT2D eigenvalue weighted by Crippen LogP contribution is -2.18. The standard InChI is InChI=1S/C25H20N2O4/c1-16-23(18-11-5-7-13-20(18)26-16)22(28)15-31-25(30)19-12-6-8-14-21(19)27-24(29)17-9-3-2-4-10-17/h2-14,26H,15H2,1H3,(H,27,29). The molecule has 6 nitrogen and oxygen atoms in total. The number of para-hydroxylation sites is 2. The van der Waals surface area contributed by atoms with E-state index in [1.807, 2.05) is 37.3 Å². The molecule has 1 aromatic heterocycles. The van der Waals surface area contributed by atoms with Gasteiger partial charge < -0.3 is 15.0 Å². The number of carbonyl (C=O) groups excluding carboxylic acids is 3. The zero-order valence-corrected chi connectivity index (χ0v) is 16.8.